The van der Waals surface area contributed by atoms with Crippen LogP contribution in [0.5, 0.6) is 5.75 Å². The summed E-state index contributed by atoms with van der Waals surface area (Å²) in [5, 5.41) is 10.7. The van der Waals surface area contributed by atoms with Gasteiger partial charge in [-0.1, -0.05) is 49.1 Å². The van der Waals surface area contributed by atoms with Gasteiger partial charge in [0.15, 0.2) is 10.9 Å². The van der Waals surface area contributed by atoms with Crippen LogP contribution in [0.2, 0.25) is 0 Å². The van der Waals surface area contributed by atoms with Gasteiger partial charge in [-0.05, 0) is 23.6 Å². The fourth-order valence-electron chi connectivity index (χ4n) is 1.75. The number of benzene rings is 1. The maximum Gasteiger partial charge on any atom is 0.316 e. The number of hydrogen-bond donors (Lipinski definition) is 1. The third-order valence-corrected chi connectivity index (χ3v) is 5.06. The summed E-state index contributed by atoms with van der Waals surface area (Å²) in [6, 6.07) is 7.64. The van der Waals surface area contributed by atoms with E-state index in [0.29, 0.717) is 21.1 Å². The smallest absolute Gasteiger partial charge is 0.316 e. The van der Waals surface area contributed by atoms with E-state index in [1.807, 2.05) is 24.3 Å². The maximum atomic E-state index is 11.9. The largest absolute Gasteiger partial charge is 0.484 e. The first-order valence-electron chi connectivity index (χ1n) is 7.53. The van der Waals surface area contributed by atoms with Crippen LogP contribution in [0.3, 0.4) is 0 Å². The first-order valence-corrected chi connectivity index (χ1v) is 9.34. The molecule has 1 N–H and O–H groups in total. The molecular formula is C16H19N3O4S2. The normalized spacial score (nSPS) is 10.6. The molecule has 0 spiro atoms. The van der Waals surface area contributed by atoms with Gasteiger partial charge in [-0.15, -0.1) is 10.2 Å². The van der Waals surface area contributed by atoms with Crippen molar-refractivity contribution in [1.82, 2.24) is 10.2 Å². The second-order valence-electron chi connectivity index (χ2n) is 5.30. The van der Waals surface area contributed by atoms with Crippen LogP contribution >= 0.6 is 23.1 Å². The van der Waals surface area contributed by atoms with Gasteiger partial charge < -0.3 is 9.47 Å². The van der Waals surface area contributed by atoms with E-state index >= 15 is 0 Å². The predicted molar refractivity (Wildman–Crippen MR) is 97.3 cm³/mol. The van der Waals surface area contributed by atoms with E-state index in [2.05, 4.69) is 34.1 Å². The quantitative estimate of drug-likeness (QED) is 0.427. The number of hydrogen-bond acceptors (Lipinski definition) is 8. The third kappa shape index (κ3) is 6.35. The summed E-state index contributed by atoms with van der Waals surface area (Å²) in [6.45, 7) is 4.11. The van der Waals surface area contributed by atoms with Crippen molar-refractivity contribution in [2.75, 3.05) is 24.8 Å². The van der Waals surface area contributed by atoms with Crippen LogP contribution < -0.4 is 10.1 Å². The number of rotatable bonds is 8. The average molecular weight is 381 g/mol. The number of aromatic nitrogens is 2. The molecule has 134 valence electrons. The predicted octanol–water partition coefficient (Wildman–Crippen LogP) is 2.94. The zero-order valence-corrected chi connectivity index (χ0v) is 15.8. The number of amides is 1. The minimum atomic E-state index is -0.345. The van der Waals surface area contributed by atoms with Crippen LogP contribution in [-0.4, -0.2) is 41.5 Å². The molecule has 2 aromatic rings. The molecule has 1 heterocycles. The number of nitrogens with zero attached hydrogens (tertiary/aromatic N) is 2. The Morgan fingerprint density at radius 2 is 1.96 bits per heavy atom. The highest BCUT2D eigenvalue weighted by Crippen LogP contribution is 2.25. The molecule has 9 heteroatoms. The van der Waals surface area contributed by atoms with Crippen molar-refractivity contribution in [1.29, 1.82) is 0 Å². The summed E-state index contributed by atoms with van der Waals surface area (Å²) >= 11 is 2.39. The van der Waals surface area contributed by atoms with E-state index in [-0.39, 0.29) is 24.2 Å². The monoisotopic (exact) mass is 381 g/mol. The lowest BCUT2D eigenvalue weighted by atomic mass is 10.0. The van der Waals surface area contributed by atoms with Crippen molar-refractivity contribution >= 4 is 40.1 Å². The van der Waals surface area contributed by atoms with Crippen molar-refractivity contribution in [3.05, 3.63) is 29.8 Å². The van der Waals surface area contributed by atoms with Crippen molar-refractivity contribution in [3.8, 4) is 5.75 Å². The van der Waals surface area contributed by atoms with Crippen LogP contribution in [-0.2, 0) is 14.3 Å². The molecule has 1 amide bonds. The van der Waals surface area contributed by atoms with Crippen molar-refractivity contribution in [3.63, 3.8) is 0 Å². The lowest BCUT2D eigenvalue weighted by molar-refractivity contribution is -0.137. The Hall–Kier alpha value is -2.13. The van der Waals surface area contributed by atoms with Gasteiger partial charge in [0.05, 0.1) is 12.9 Å². The highest BCUT2D eigenvalue weighted by molar-refractivity contribution is 8.01. The molecule has 0 aliphatic carbocycles. The maximum absolute atomic E-state index is 11.9. The second kappa shape index (κ2) is 9.38. The fourth-order valence-corrected chi connectivity index (χ4v) is 3.35. The lowest BCUT2D eigenvalue weighted by Gasteiger charge is -2.08. The van der Waals surface area contributed by atoms with Crippen LogP contribution in [0.15, 0.2) is 28.6 Å². The van der Waals surface area contributed by atoms with E-state index in [4.69, 9.17) is 4.74 Å². The summed E-state index contributed by atoms with van der Waals surface area (Å²) in [4.78, 5) is 23.0. The van der Waals surface area contributed by atoms with Gasteiger partial charge in [0, 0.05) is 0 Å². The molecule has 0 saturated carbocycles. The van der Waals surface area contributed by atoms with Gasteiger partial charge in [0.2, 0.25) is 5.13 Å². The number of ether oxygens (including phenoxy) is 2. The van der Waals surface area contributed by atoms with Crippen LogP contribution in [0.1, 0.15) is 25.3 Å². The lowest BCUT2D eigenvalue weighted by Crippen LogP contribution is -2.20. The fraction of sp³-hybridized carbons (Fsp3) is 0.375. The first kappa shape index (κ1) is 19.2. The molecule has 0 radical (unpaired) electrons. The number of carbonyl (C=O) groups is 2. The zero-order chi connectivity index (χ0) is 18.2. The molecule has 0 unspecified atom stereocenters. The number of methoxy groups -OCH3 is 1. The van der Waals surface area contributed by atoms with E-state index in [1.165, 1.54) is 35.8 Å². The van der Waals surface area contributed by atoms with Gasteiger partial charge in [0.1, 0.15) is 5.75 Å². The Labute approximate surface area is 154 Å². The molecule has 0 atom stereocenters. The molecule has 0 saturated heterocycles. The number of esters is 1. The van der Waals surface area contributed by atoms with Crippen molar-refractivity contribution < 1.29 is 19.1 Å². The molecule has 0 aliphatic heterocycles. The van der Waals surface area contributed by atoms with E-state index in [1.54, 1.807) is 0 Å². The van der Waals surface area contributed by atoms with E-state index < -0.39 is 0 Å². The number of anilines is 1. The van der Waals surface area contributed by atoms with Crippen LogP contribution in [0, 0.1) is 0 Å². The zero-order valence-electron chi connectivity index (χ0n) is 14.1. The highest BCUT2D eigenvalue weighted by Gasteiger charge is 2.11. The first-order chi connectivity index (χ1) is 12.0. The van der Waals surface area contributed by atoms with E-state index in [9.17, 15) is 9.59 Å². The van der Waals surface area contributed by atoms with Gasteiger partial charge in [-0.3, -0.25) is 14.9 Å². The van der Waals surface area contributed by atoms with Gasteiger partial charge in [0.25, 0.3) is 5.91 Å². The summed E-state index contributed by atoms with van der Waals surface area (Å²) in [5.41, 5.74) is 1.21. The molecule has 7 nitrogen and oxygen atoms in total. The molecule has 25 heavy (non-hydrogen) atoms. The molecule has 0 fully saturated rings. The molecule has 1 aromatic heterocycles. The number of carbonyl (C=O) groups excluding carboxylic acids is 2. The Morgan fingerprint density at radius 1 is 1.24 bits per heavy atom. The molecular weight excluding hydrogens is 362 g/mol. The summed E-state index contributed by atoms with van der Waals surface area (Å²) < 4.78 is 10.6. The van der Waals surface area contributed by atoms with Crippen LogP contribution in [0.4, 0.5) is 5.13 Å². The van der Waals surface area contributed by atoms with Crippen molar-refractivity contribution in [2.45, 2.75) is 24.1 Å². The Balaban J connectivity index is 1.78. The van der Waals surface area contributed by atoms with E-state index in [0.717, 1.165) is 0 Å². The summed E-state index contributed by atoms with van der Waals surface area (Å²) in [6.07, 6.45) is 0. The number of nitrogens with one attached hydrogen (secondary N) is 1. The second-order valence-corrected chi connectivity index (χ2v) is 7.50. The summed E-state index contributed by atoms with van der Waals surface area (Å²) in [5.74, 6) is 0.553. The Morgan fingerprint density at radius 3 is 2.60 bits per heavy atom. The molecule has 0 aliphatic rings. The minimum Gasteiger partial charge on any atom is -0.484 e. The van der Waals surface area contributed by atoms with Gasteiger partial charge >= 0.3 is 5.97 Å². The Bertz CT molecular complexity index is 716. The Kier molecular flexibility index (Phi) is 7.20. The van der Waals surface area contributed by atoms with Crippen LogP contribution in [0.25, 0.3) is 0 Å². The minimum absolute atomic E-state index is 0.120. The van der Waals surface area contributed by atoms with Gasteiger partial charge in [-0.25, -0.2) is 0 Å². The summed E-state index contributed by atoms with van der Waals surface area (Å²) in [7, 11) is 1.32. The molecule has 1 aromatic carbocycles. The molecule has 2 rings (SSSR count). The standard InChI is InChI=1S/C16H19N3O4S2/c1-10(2)11-4-6-12(7-5-11)23-8-13(20)17-15-18-19-16(25-15)24-9-14(21)22-3/h4-7,10H,8-9H2,1-3H3,(H,17,18,20). The highest BCUT2D eigenvalue weighted by atomic mass is 32.2. The topological polar surface area (TPSA) is 90.4 Å². The molecule has 0 bridgehead atoms. The average Bonchev–Trinajstić information content (AvgIpc) is 3.05. The van der Waals surface area contributed by atoms with Crippen molar-refractivity contribution in [2.24, 2.45) is 0 Å². The van der Waals surface area contributed by atoms with Gasteiger partial charge in [-0.2, -0.15) is 0 Å². The SMILES string of the molecule is COC(=O)CSc1nnc(NC(=O)COc2ccc(C(C)C)cc2)s1. The third-order valence-electron chi connectivity index (χ3n) is 3.11. The number of thioether (sulfide) groups is 1.